The van der Waals surface area contributed by atoms with Crippen LogP contribution in [-0.4, -0.2) is 12.8 Å². The Balaban J connectivity index is 2.02. The molecule has 0 unspecified atom stereocenters. The van der Waals surface area contributed by atoms with E-state index in [4.69, 9.17) is 0 Å². The molecule has 0 bridgehead atoms. The number of fused-ring (bicyclic) bond motifs is 2. The van der Waals surface area contributed by atoms with Crippen LogP contribution < -0.4 is 5.32 Å². The standard InChI is InChI=1S/C15H21NS/c1-14(2,17-3)12-4-5-13-11(10-12)6-9-16-15(13)7-8-15/h4-5,10,16H,6-9H2,1-3H3. The Morgan fingerprint density at radius 1 is 1.29 bits per heavy atom. The minimum atomic E-state index is 0.233. The molecule has 1 spiro atoms. The minimum absolute atomic E-state index is 0.233. The number of rotatable bonds is 2. The zero-order valence-corrected chi connectivity index (χ0v) is 11.8. The summed E-state index contributed by atoms with van der Waals surface area (Å²) in [6.07, 6.45) is 6.04. The molecule has 1 nitrogen and oxygen atoms in total. The summed E-state index contributed by atoms with van der Waals surface area (Å²) in [4.78, 5) is 0. The van der Waals surface area contributed by atoms with Crippen LogP contribution in [0, 0.1) is 0 Å². The van der Waals surface area contributed by atoms with E-state index in [9.17, 15) is 0 Å². The van der Waals surface area contributed by atoms with Crippen LogP contribution in [-0.2, 0) is 16.7 Å². The van der Waals surface area contributed by atoms with Gasteiger partial charge in [0.25, 0.3) is 0 Å². The van der Waals surface area contributed by atoms with Crippen LogP contribution in [0.15, 0.2) is 18.2 Å². The second kappa shape index (κ2) is 3.76. The number of nitrogens with one attached hydrogen (secondary N) is 1. The van der Waals surface area contributed by atoms with Gasteiger partial charge in [-0.2, -0.15) is 11.8 Å². The maximum absolute atomic E-state index is 3.69. The van der Waals surface area contributed by atoms with Crippen LogP contribution in [0.1, 0.15) is 43.4 Å². The molecule has 2 aliphatic rings. The maximum atomic E-state index is 3.69. The Morgan fingerprint density at radius 2 is 2.06 bits per heavy atom. The van der Waals surface area contributed by atoms with Gasteiger partial charge in [0.05, 0.1) is 0 Å². The summed E-state index contributed by atoms with van der Waals surface area (Å²) in [6, 6.07) is 7.16. The van der Waals surface area contributed by atoms with Crippen LogP contribution in [0.25, 0.3) is 0 Å². The van der Waals surface area contributed by atoms with E-state index in [0.29, 0.717) is 5.54 Å². The Bertz CT molecular complexity index is 446. The van der Waals surface area contributed by atoms with E-state index in [-0.39, 0.29) is 4.75 Å². The molecule has 2 heteroatoms. The monoisotopic (exact) mass is 247 g/mol. The molecular formula is C15H21NS. The lowest BCUT2D eigenvalue weighted by Crippen LogP contribution is -2.36. The van der Waals surface area contributed by atoms with Crippen molar-refractivity contribution in [3.8, 4) is 0 Å². The molecule has 1 aliphatic carbocycles. The van der Waals surface area contributed by atoms with Gasteiger partial charge in [0.15, 0.2) is 0 Å². The average Bonchev–Trinajstić information content (AvgIpc) is 3.10. The second-order valence-corrected chi connectivity index (χ2v) is 7.27. The molecule has 0 saturated heterocycles. The molecule has 1 aromatic carbocycles. The summed E-state index contributed by atoms with van der Waals surface area (Å²) in [6.45, 7) is 5.77. The van der Waals surface area contributed by atoms with Gasteiger partial charge in [-0.05, 0) is 56.1 Å². The lowest BCUT2D eigenvalue weighted by molar-refractivity contribution is 0.489. The normalized spacial score (nSPS) is 21.4. The largest absolute Gasteiger partial charge is 0.307 e. The maximum Gasteiger partial charge on any atom is 0.0439 e. The zero-order valence-electron chi connectivity index (χ0n) is 11.0. The van der Waals surface area contributed by atoms with Gasteiger partial charge >= 0.3 is 0 Å². The predicted molar refractivity (Wildman–Crippen MR) is 75.6 cm³/mol. The third-order valence-electron chi connectivity index (χ3n) is 4.43. The molecule has 1 aromatic rings. The Kier molecular flexibility index (Phi) is 2.57. The molecule has 0 amide bonds. The van der Waals surface area contributed by atoms with Crippen LogP contribution in [0.5, 0.6) is 0 Å². The van der Waals surface area contributed by atoms with E-state index >= 15 is 0 Å². The summed E-state index contributed by atoms with van der Waals surface area (Å²) >= 11 is 1.93. The van der Waals surface area contributed by atoms with E-state index in [1.807, 2.05) is 11.8 Å². The molecule has 1 aliphatic heterocycles. The van der Waals surface area contributed by atoms with Crippen molar-refractivity contribution in [2.45, 2.75) is 43.4 Å². The zero-order chi connectivity index (χ0) is 12.1. The fourth-order valence-corrected chi connectivity index (χ4v) is 3.23. The van der Waals surface area contributed by atoms with E-state index in [2.05, 4.69) is 43.6 Å². The molecule has 3 rings (SSSR count). The molecular weight excluding hydrogens is 226 g/mol. The van der Waals surface area contributed by atoms with Crippen molar-refractivity contribution in [3.63, 3.8) is 0 Å². The molecule has 17 heavy (non-hydrogen) atoms. The number of hydrogen-bond donors (Lipinski definition) is 1. The minimum Gasteiger partial charge on any atom is -0.307 e. The van der Waals surface area contributed by atoms with Crippen LogP contribution >= 0.6 is 11.8 Å². The first kappa shape index (κ1) is 11.6. The van der Waals surface area contributed by atoms with Crippen LogP contribution in [0.3, 0.4) is 0 Å². The molecule has 1 heterocycles. The highest BCUT2D eigenvalue weighted by Crippen LogP contribution is 2.49. The number of thioether (sulfide) groups is 1. The van der Waals surface area contributed by atoms with E-state index in [1.54, 1.807) is 11.1 Å². The number of hydrogen-bond acceptors (Lipinski definition) is 2. The Labute approximate surface area is 108 Å². The highest BCUT2D eigenvalue weighted by Gasteiger charge is 2.46. The Hall–Kier alpha value is -0.470. The molecule has 0 radical (unpaired) electrons. The van der Waals surface area contributed by atoms with Crippen molar-refractivity contribution < 1.29 is 0 Å². The lowest BCUT2D eigenvalue weighted by atomic mass is 9.88. The molecule has 92 valence electrons. The first-order chi connectivity index (χ1) is 8.07. The second-order valence-electron chi connectivity index (χ2n) is 5.85. The van der Waals surface area contributed by atoms with Gasteiger partial charge in [0.1, 0.15) is 0 Å². The van der Waals surface area contributed by atoms with Gasteiger partial charge in [-0.15, -0.1) is 0 Å². The van der Waals surface area contributed by atoms with Gasteiger partial charge in [-0.25, -0.2) is 0 Å². The summed E-state index contributed by atoms with van der Waals surface area (Å²) in [5.74, 6) is 0. The first-order valence-corrected chi connectivity index (χ1v) is 7.74. The van der Waals surface area contributed by atoms with Gasteiger partial charge in [0.2, 0.25) is 0 Å². The number of benzene rings is 1. The SMILES string of the molecule is CSC(C)(C)c1ccc2c(c1)CCNC21CC1. The smallest absolute Gasteiger partial charge is 0.0439 e. The van der Waals surface area contributed by atoms with Gasteiger partial charge in [-0.1, -0.05) is 18.2 Å². The highest BCUT2D eigenvalue weighted by atomic mass is 32.2. The predicted octanol–water partition coefficient (Wildman–Crippen LogP) is 3.42. The molecule has 1 N–H and O–H groups in total. The summed E-state index contributed by atoms with van der Waals surface area (Å²) in [5.41, 5.74) is 5.00. The highest BCUT2D eigenvalue weighted by molar-refractivity contribution is 7.99. The van der Waals surface area contributed by atoms with Gasteiger partial charge in [0, 0.05) is 16.8 Å². The fourth-order valence-electron chi connectivity index (χ4n) is 2.86. The first-order valence-electron chi connectivity index (χ1n) is 6.51. The van der Waals surface area contributed by atoms with Crippen molar-refractivity contribution in [1.29, 1.82) is 0 Å². The molecule has 0 aromatic heterocycles. The third-order valence-corrected chi connectivity index (χ3v) is 5.69. The van der Waals surface area contributed by atoms with Gasteiger partial charge < -0.3 is 5.32 Å². The van der Waals surface area contributed by atoms with Crippen molar-refractivity contribution in [2.24, 2.45) is 0 Å². The van der Waals surface area contributed by atoms with Crippen molar-refractivity contribution in [3.05, 3.63) is 34.9 Å². The van der Waals surface area contributed by atoms with E-state index < -0.39 is 0 Å². The third kappa shape index (κ3) is 1.82. The van der Waals surface area contributed by atoms with Crippen molar-refractivity contribution in [2.75, 3.05) is 12.8 Å². The van der Waals surface area contributed by atoms with Crippen LogP contribution in [0.4, 0.5) is 0 Å². The molecule has 0 atom stereocenters. The van der Waals surface area contributed by atoms with E-state index in [1.165, 1.54) is 24.8 Å². The summed E-state index contributed by atoms with van der Waals surface area (Å²) in [7, 11) is 0. The van der Waals surface area contributed by atoms with E-state index in [0.717, 1.165) is 6.54 Å². The average molecular weight is 247 g/mol. The summed E-state index contributed by atoms with van der Waals surface area (Å²) in [5, 5.41) is 3.69. The quantitative estimate of drug-likeness (QED) is 0.859. The topological polar surface area (TPSA) is 12.0 Å². The van der Waals surface area contributed by atoms with Gasteiger partial charge in [-0.3, -0.25) is 0 Å². The molecule has 1 fully saturated rings. The molecule has 1 saturated carbocycles. The Morgan fingerprint density at radius 3 is 2.71 bits per heavy atom. The summed E-state index contributed by atoms with van der Waals surface area (Å²) < 4.78 is 0.233. The lowest BCUT2D eigenvalue weighted by Gasteiger charge is -2.30. The fraction of sp³-hybridized carbons (Fsp3) is 0.600. The van der Waals surface area contributed by atoms with Crippen molar-refractivity contribution >= 4 is 11.8 Å². The van der Waals surface area contributed by atoms with Crippen molar-refractivity contribution in [1.82, 2.24) is 5.32 Å². The van der Waals surface area contributed by atoms with Crippen LogP contribution in [0.2, 0.25) is 0 Å².